The molecule has 1 fully saturated rings. The van der Waals surface area contributed by atoms with Gasteiger partial charge in [0.2, 0.25) is 5.91 Å². The van der Waals surface area contributed by atoms with Gasteiger partial charge in [-0.15, -0.1) is 0 Å². The number of hydrogen-bond acceptors (Lipinski definition) is 3. The van der Waals surface area contributed by atoms with Gasteiger partial charge in [0.1, 0.15) is 6.04 Å². The van der Waals surface area contributed by atoms with Crippen LogP contribution in [0.4, 0.5) is 0 Å². The highest BCUT2D eigenvalue weighted by Gasteiger charge is 2.37. The van der Waals surface area contributed by atoms with Gasteiger partial charge in [-0.05, 0) is 77.7 Å². The molecular weight excluding hydrogens is 566 g/mol. The Hall–Kier alpha value is -5.00. The molecule has 1 aliphatic carbocycles. The average molecular weight is 608 g/mol. The fourth-order valence-electron chi connectivity index (χ4n) is 5.96. The Bertz CT molecular complexity index is 1690. The summed E-state index contributed by atoms with van der Waals surface area (Å²) in [7, 11) is 0. The molecule has 232 valence electrons. The van der Waals surface area contributed by atoms with Crippen LogP contribution in [-0.4, -0.2) is 30.4 Å². The highest BCUT2D eigenvalue weighted by Crippen LogP contribution is 2.40. The van der Waals surface area contributed by atoms with E-state index in [1.54, 1.807) is 0 Å². The van der Waals surface area contributed by atoms with Gasteiger partial charge >= 0.3 is 0 Å². The molecule has 0 unspecified atom stereocenters. The van der Waals surface area contributed by atoms with Crippen molar-refractivity contribution in [3.8, 4) is 22.3 Å². The maximum Gasteiger partial charge on any atom is 0.251 e. The zero-order valence-electron chi connectivity index (χ0n) is 26.1. The summed E-state index contributed by atoms with van der Waals surface area (Å²) in [4.78, 5) is 26.8. The second-order valence-electron chi connectivity index (χ2n) is 12.1. The summed E-state index contributed by atoms with van der Waals surface area (Å²) in [5.74, 6) is 0.184. The van der Waals surface area contributed by atoms with Crippen LogP contribution in [0.2, 0.25) is 0 Å². The summed E-state index contributed by atoms with van der Waals surface area (Å²) in [5.41, 5.74) is 7.37. The van der Waals surface area contributed by atoms with Crippen molar-refractivity contribution < 1.29 is 9.59 Å². The first kappa shape index (κ1) is 31.0. The topological polar surface area (TPSA) is 70.2 Å². The molecule has 1 saturated carbocycles. The zero-order chi connectivity index (χ0) is 31.6. The molecule has 5 nitrogen and oxygen atoms in total. The standard InChI is InChI=1S/C41H41N3O2/c45-40(36-25-23-34(24-26-36)32-14-6-2-7-15-32)44-38(18-10-11-27-42-39-28-37(39)35-16-8-3-9-17-35)41(46)43-29-30-19-21-33(22-20-30)31-12-4-1-5-13-31/h1-9,12-17,19-26,37-39,42H,10-11,18,27-29H2,(H,43,46)(H,44,45)/t37-,38+,39+/m1/s1. The van der Waals surface area contributed by atoms with E-state index < -0.39 is 6.04 Å². The Balaban J connectivity index is 1.04. The summed E-state index contributed by atoms with van der Waals surface area (Å²) in [5, 5.41) is 9.77. The third-order valence-electron chi connectivity index (χ3n) is 8.75. The Kier molecular flexibility index (Phi) is 10.3. The summed E-state index contributed by atoms with van der Waals surface area (Å²) in [6.45, 7) is 1.29. The molecule has 0 aromatic heterocycles. The smallest absolute Gasteiger partial charge is 0.251 e. The number of carbonyl (C=O) groups excluding carboxylic acids is 2. The van der Waals surface area contributed by atoms with E-state index in [1.807, 2.05) is 84.9 Å². The van der Waals surface area contributed by atoms with Gasteiger partial charge < -0.3 is 16.0 Å². The molecule has 46 heavy (non-hydrogen) atoms. The van der Waals surface area contributed by atoms with E-state index in [9.17, 15) is 9.59 Å². The second-order valence-corrected chi connectivity index (χ2v) is 12.1. The Morgan fingerprint density at radius 3 is 1.78 bits per heavy atom. The van der Waals surface area contributed by atoms with Gasteiger partial charge in [-0.25, -0.2) is 0 Å². The minimum Gasteiger partial charge on any atom is -0.350 e. The molecule has 5 aromatic carbocycles. The van der Waals surface area contributed by atoms with Crippen LogP contribution in [0.5, 0.6) is 0 Å². The van der Waals surface area contributed by atoms with E-state index in [0.29, 0.717) is 30.5 Å². The van der Waals surface area contributed by atoms with Crippen LogP contribution in [0.25, 0.3) is 22.3 Å². The fourth-order valence-corrected chi connectivity index (χ4v) is 5.96. The van der Waals surface area contributed by atoms with Crippen molar-refractivity contribution in [3.05, 3.63) is 156 Å². The molecule has 0 heterocycles. The molecule has 1 aliphatic rings. The lowest BCUT2D eigenvalue weighted by Gasteiger charge is -2.19. The van der Waals surface area contributed by atoms with E-state index in [-0.39, 0.29) is 11.8 Å². The van der Waals surface area contributed by atoms with Gasteiger partial charge in [-0.3, -0.25) is 9.59 Å². The largest absolute Gasteiger partial charge is 0.350 e. The maximum atomic E-state index is 13.5. The van der Waals surface area contributed by atoms with E-state index in [4.69, 9.17) is 0 Å². The van der Waals surface area contributed by atoms with Gasteiger partial charge in [0, 0.05) is 24.1 Å². The minimum absolute atomic E-state index is 0.166. The Morgan fingerprint density at radius 1 is 0.630 bits per heavy atom. The molecule has 6 rings (SSSR count). The first-order valence-electron chi connectivity index (χ1n) is 16.3. The molecule has 2 amide bonds. The van der Waals surface area contributed by atoms with Crippen molar-refractivity contribution in [2.75, 3.05) is 6.54 Å². The van der Waals surface area contributed by atoms with Crippen LogP contribution in [0.3, 0.4) is 0 Å². The van der Waals surface area contributed by atoms with Crippen LogP contribution in [-0.2, 0) is 11.3 Å². The van der Waals surface area contributed by atoms with Gasteiger partial charge in [0.25, 0.3) is 5.91 Å². The number of hydrogen-bond donors (Lipinski definition) is 3. The average Bonchev–Trinajstić information content (AvgIpc) is 3.91. The van der Waals surface area contributed by atoms with E-state index in [2.05, 4.69) is 70.5 Å². The van der Waals surface area contributed by atoms with Crippen molar-refractivity contribution >= 4 is 11.8 Å². The summed E-state index contributed by atoms with van der Waals surface area (Å²) in [6.07, 6.45) is 3.50. The predicted molar refractivity (Wildman–Crippen MR) is 186 cm³/mol. The van der Waals surface area contributed by atoms with Crippen LogP contribution >= 0.6 is 0 Å². The van der Waals surface area contributed by atoms with Crippen LogP contribution in [0.15, 0.2) is 140 Å². The monoisotopic (exact) mass is 607 g/mol. The van der Waals surface area contributed by atoms with E-state index >= 15 is 0 Å². The van der Waals surface area contributed by atoms with Crippen molar-refractivity contribution in [3.63, 3.8) is 0 Å². The molecule has 3 atom stereocenters. The number of benzene rings is 5. The molecule has 0 saturated heterocycles. The van der Waals surface area contributed by atoms with Crippen LogP contribution in [0.1, 0.15) is 53.1 Å². The van der Waals surface area contributed by atoms with Gasteiger partial charge in [-0.2, -0.15) is 0 Å². The number of carbonyl (C=O) groups is 2. The fraction of sp³-hybridized carbons (Fsp3) is 0.220. The number of rotatable bonds is 14. The first-order valence-corrected chi connectivity index (χ1v) is 16.3. The van der Waals surface area contributed by atoms with Crippen LogP contribution < -0.4 is 16.0 Å². The Labute approximate surface area is 272 Å². The highest BCUT2D eigenvalue weighted by atomic mass is 16.2. The van der Waals surface area contributed by atoms with Gasteiger partial charge in [0.15, 0.2) is 0 Å². The minimum atomic E-state index is -0.622. The third kappa shape index (κ3) is 8.38. The lowest BCUT2D eigenvalue weighted by Crippen LogP contribution is -2.46. The van der Waals surface area contributed by atoms with E-state index in [0.717, 1.165) is 47.2 Å². The molecular formula is C41H41N3O2. The molecule has 5 aromatic rings. The quantitative estimate of drug-likeness (QED) is 0.113. The predicted octanol–water partition coefficient (Wildman–Crippen LogP) is 7.75. The number of nitrogens with one attached hydrogen (secondary N) is 3. The molecule has 0 spiro atoms. The molecule has 0 aliphatic heterocycles. The summed E-state index contributed by atoms with van der Waals surface area (Å²) < 4.78 is 0. The summed E-state index contributed by atoms with van der Waals surface area (Å²) in [6, 6.07) is 46.6. The SMILES string of the molecule is O=C(N[C@@H](CCCCN[C@H]1C[C@@H]1c1ccccc1)C(=O)NCc1ccc(-c2ccccc2)cc1)c1ccc(-c2ccccc2)cc1. The number of unbranched alkanes of at least 4 members (excludes halogenated alkanes) is 1. The van der Waals surface area contributed by atoms with Crippen molar-refractivity contribution in [1.82, 2.24) is 16.0 Å². The summed E-state index contributed by atoms with van der Waals surface area (Å²) >= 11 is 0. The Morgan fingerprint density at radius 2 is 1.17 bits per heavy atom. The van der Waals surface area contributed by atoms with Crippen LogP contribution in [0, 0.1) is 0 Å². The highest BCUT2D eigenvalue weighted by molar-refractivity contribution is 5.97. The first-order chi connectivity index (χ1) is 22.6. The van der Waals surface area contributed by atoms with Crippen molar-refractivity contribution in [2.24, 2.45) is 0 Å². The lowest BCUT2D eigenvalue weighted by atomic mass is 10.0. The number of amides is 2. The third-order valence-corrected chi connectivity index (χ3v) is 8.75. The normalized spacial score (nSPS) is 15.9. The lowest BCUT2D eigenvalue weighted by molar-refractivity contribution is -0.123. The van der Waals surface area contributed by atoms with Gasteiger partial charge in [0.05, 0.1) is 0 Å². The molecule has 0 bridgehead atoms. The van der Waals surface area contributed by atoms with E-state index in [1.165, 1.54) is 12.0 Å². The molecule has 3 N–H and O–H groups in total. The van der Waals surface area contributed by atoms with Crippen molar-refractivity contribution in [2.45, 2.75) is 50.2 Å². The zero-order valence-corrected chi connectivity index (χ0v) is 26.1. The van der Waals surface area contributed by atoms with Crippen molar-refractivity contribution in [1.29, 1.82) is 0 Å². The second kappa shape index (κ2) is 15.3. The van der Waals surface area contributed by atoms with Gasteiger partial charge in [-0.1, -0.05) is 127 Å². The maximum absolute atomic E-state index is 13.5. The molecule has 0 radical (unpaired) electrons. The molecule has 5 heteroatoms.